The summed E-state index contributed by atoms with van der Waals surface area (Å²) < 4.78 is 0. The van der Waals surface area contributed by atoms with Crippen molar-refractivity contribution in [2.75, 3.05) is 11.1 Å². The van der Waals surface area contributed by atoms with Gasteiger partial charge in [0.2, 0.25) is 5.78 Å². The Morgan fingerprint density at radius 2 is 1.89 bits per heavy atom. The third-order valence-electron chi connectivity index (χ3n) is 4.12. The van der Waals surface area contributed by atoms with Gasteiger partial charge in [-0.15, -0.1) is 0 Å². The maximum absolute atomic E-state index is 12.7. The van der Waals surface area contributed by atoms with E-state index in [2.05, 4.69) is 43.2 Å². The molecular weight excluding hydrogens is 356 g/mol. The van der Waals surface area contributed by atoms with Crippen LogP contribution >= 0.6 is 11.3 Å². The number of nitrogens with two attached hydrogens (primary N) is 1. The first kappa shape index (κ1) is 18.6. The first-order chi connectivity index (χ1) is 12.8. The summed E-state index contributed by atoms with van der Waals surface area (Å²) in [6, 6.07) is 16.7. The van der Waals surface area contributed by atoms with E-state index in [9.17, 15) is 4.79 Å². The summed E-state index contributed by atoms with van der Waals surface area (Å²) in [6.07, 6.45) is 0. The normalized spacial score (nSPS) is 11.0. The van der Waals surface area contributed by atoms with Gasteiger partial charge in [-0.2, -0.15) is 5.26 Å². The second-order valence-electron chi connectivity index (χ2n) is 7.21. The fraction of sp³-hybridized carbons (Fsp3) is 0.190. The van der Waals surface area contributed by atoms with Crippen molar-refractivity contribution < 1.29 is 4.79 Å². The Bertz CT molecular complexity index is 1020. The van der Waals surface area contributed by atoms with E-state index < -0.39 is 0 Å². The number of carbonyl (C=O) groups is 1. The van der Waals surface area contributed by atoms with Crippen LogP contribution in [0, 0.1) is 11.3 Å². The van der Waals surface area contributed by atoms with Crippen LogP contribution in [-0.4, -0.2) is 10.8 Å². The maximum Gasteiger partial charge on any atom is 0.206 e. The lowest BCUT2D eigenvalue weighted by Gasteiger charge is -2.19. The Morgan fingerprint density at radius 1 is 1.19 bits per heavy atom. The highest BCUT2D eigenvalue weighted by molar-refractivity contribution is 7.18. The number of nitriles is 1. The van der Waals surface area contributed by atoms with Crippen molar-refractivity contribution in [3.8, 4) is 6.07 Å². The van der Waals surface area contributed by atoms with Crippen LogP contribution in [0.4, 0.5) is 16.6 Å². The summed E-state index contributed by atoms with van der Waals surface area (Å²) in [5.74, 6) is -0.0561. The molecule has 6 heteroatoms. The quantitative estimate of drug-likeness (QED) is 0.634. The van der Waals surface area contributed by atoms with Crippen molar-refractivity contribution in [2.45, 2.75) is 26.2 Å². The molecular formula is C21H20N4OS. The standard InChI is InChI=1S/C21H20N4OS/c1-21(2,3)15-7-9-16(10-8-15)24-20-25-19(23)18(27-20)17(26)14-6-4-5-13(11-14)12-22/h4-11H,23H2,1-3H3,(H,24,25). The van der Waals surface area contributed by atoms with Gasteiger partial charge in [0.1, 0.15) is 10.7 Å². The molecule has 0 aliphatic heterocycles. The van der Waals surface area contributed by atoms with Gasteiger partial charge < -0.3 is 11.1 Å². The molecule has 2 aromatic carbocycles. The minimum Gasteiger partial charge on any atom is -0.382 e. The molecule has 0 aliphatic carbocycles. The first-order valence-electron chi connectivity index (χ1n) is 8.46. The molecule has 3 aromatic rings. The van der Waals surface area contributed by atoms with Crippen LogP contribution < -0.4 is 11.1 Å². The second-order valence-corrected chi connectivity index (χ2v) is 8.21. The highest BCUT2D eigenvalue weighted by Gasteiger charge is 2.19. The summed E-state index contributed by atoms with van der Waals surface area (Å²) in [5, 5.41) is 12.7. The van der Waals surface area contributed by atoms with E-state index >= 15 is 0 Å². The Morgan fingerprint density at radius 3 is 2.52 bits per heavy atom. The molecule has 3 rings (SSSR count). The number of carbonyl (C=O) groups excluding carboxylic acids is 1. The Balaban J connectivity index is 1.82. The summed E-state index contributed by atoms with van der Waals surface area (Å²) in [7, 11) is 0. The van der Waals surface area contributed by atoms with E-state index in [-0.39, 0.29) is 17.0 Å². The zero-order chi connectivity index (χ0) is 19.6. The molecule has 0 saturated carbocycles. The molecule has 136 valence electrons. The molecule has 0 atom stereocenters. The number of nitrogens with zero attached hydrogens (tertiary/aromatic N) is 2. The van der Waals surface area contributed by atoms with Gasteiger partial charge in [0.25, 0.3) is 0 Å². The highest BCUT2D eigenvalue weighted by Crippen LogP contribution is 2.31. The predicted molar refractivity (Wildman–Crippen MR) is 110 cm³/mol. The molecule has 1 aromatic heterocycles. The molecule has 0 aliphatic rings. The molecule has 0 radical (unpaired) electrons. The molecule has 1 heterocycles. The summed E-state index contributed by atoms with van der Waals surface area (Å²) in [6.45, 7) is 6.49. The van der Waals surface area contributed by atoms with Crippen molar-refractivity contribution in [3.05, 3.63) is 70.1 Å². The van der Waals surface area contributed by atoms with Crippen LogP contribution in [0.25, 0.3) is 0 Å². The topological polar surface area (TPSA) is 91.8 Å². The van der Waals surface area contributed by atoms with Gasteiger partial charge in [-0.3, -0.25) is 4.79 Å². The van der Waals surface area contributed by atoms with Crippen molar-refractivity contribution in [2.24, 2.45) is 0 Å². The number of thiazole rings is 1. The number of nitrogens with one attached hydrogen (secondary N) is 1. The number of benzene rings is 2. The van der Waals surface area contributed by atoms with Crippen LogP contribution in [-0.2, 0) is 5.41 Å². The Hall–Kier alpha value is -3.17. The molecule has 0 spiro atoms. The van der Waals surface area contributed by atoms with Gasteiger partial charge in [0.05, 0.1) is 11.6 Å². The van der Waals surface area contributed by atoms with Gasteiger partial charge in [-0.05, 0) is 35.2 Å². The zero-order valence-corrected chi connectivity index (χ0v) is 16.2. The molecule has 27 heavy (non-hydrogen) atoms. The van der Waals surface area contributed by atoms with E-state index in [0.717, 1.165) is 5.69 Å². The minimum atomic E-state index is -0.238. The minimum absolute atomic E-state index is 0.0850. The fourth-order valence-electron chi connectivity index (χ4n) is 2.59. The van der Waals surface area contributed by atoms with Crippen molar-refractivity contribution in [1.29, 1.82) is 5.26 Å². The van der Waals surface area contributed by atoms with E-state index in [4.69, 9.17) is 11.0 Å². The Kier molecular flexibility index (Phi) is 4.98. The van der Waals surface area contributed by atoms with Gasteiger partial charge in [0, 0.05) is 11.3 Å². The van der Waals surface area contributed by atoms with Gasteiger partial charge >= 0.3 is 0 Å². The van der Waals surface area contributed by atoms with Gasteiger partial charge in [0.15, 0.2) is 5.13 Å². The van der Waals surface area contributed by atoms with E-state index in [1.54, 1.807) is 24.3 Å². The number of hydrogen-bond acceptors (Lipinski definition) is 6. The number of anilines is 3. The number of nitrogen functional groups attached to an aromatic ring is 1. The van der Waals surface area contributed by atoms with Crippen LogP contribution in [0.1, 0.15) is 47.1 Å². The summed E-state index contributed by atoms with van der Waals surface area (Å²) in [5.41, 5.74) is 9.01. The third-order valence-corrected chi connectivity index (χ3v) is 5.10. The summed E-state index contributed by atoms with van der Waals surface area (Å²) in [4.78, 5) is 17.3. The predicted octanol–water partition coefficient (Wildman–Crippen LogP) is 4.87. The van der Waals surface area contributed by atoms with Crippen molar-refractivity contribution in [1.82, 2.24) is 4.98 Å². The molecule has 5 nitrogen and oxygen atoms in total. The molecule has 0 amide bonds. The molecule has 0 fully saturated rings. The first-order valence-corrected chi connectivity index (χ1v) is 9.28. The highest BCUT2D eigenvalue weighted by atomic mass is 32.1. The number of ketones is 1. The van der Waals surface area contributed by atoms with E-state index in [0.29, 0.717) is 21.1 Å². The number of rotatable bonds is 4. The Labute approximate surface area is 162 Å². The summed E-state index contributed by atoms with van der Waals surface area (Å²) >= 11 is 1.20. The average molecular weight is 376 g/mol. The third kappa shape index (κ3) is 4.15. The average Bonchev–Trinajstić information content (AvgIpc) is 3.01. The lowest BCUT2D eigenvalue weighted by atomic mass is 9.87. The fourth-order valence-corrected chi connectivity index (χ4v) is 3.45. The molecule has 0 unspecified atom stereocenters. The van der Waals surface area contributed by atoms with Crippen LogP contribution in [0.5, 0.6) is 0 Å². The SMILES string of the molecule is CC(C)(C)c1ccc(Nc2nc(N)c(C(=O)c3cccc(C#N)c3)s2)cc1. The van der Waals surface area contributed by atoms with E-state index in [1.807, 2.05) is 18.2 Å². The van der Waals surface area contributed by atoms with Crippen LogP contribution in [0.15, 0.2) is 48.5 Å². The lowest BCUT2D eigenvalue weighted by Crippen LogP contribution is -2.10. The monoisotopic (exact) mass is 376 g/mol. The zero-order valence-electron chi connectivity index (χ0n) is 15.4. The molecule has 0 saturated heterocycles. The lowest BCUT2D eigenvalue weighted by molar-refractivity contribution is 0.104. The number of hydrogen-bond donors (Lipinski definition) is 2. The second kappa shape index (κ2) is 7.22. The maximum atomic E-state index is 12.7. The molecule has 0 bridgehead atoms. The van der Waals surface area contributed by atoms with Gasteiger partial charge in [-0.1, -0.05) is 56.4 Å². The van der Waals surface area contributed by atoms with Crippen molar-refractivity contribution >= 4 is 33.8 Å². The van der Waals surface area contributed by atoms with Crippen LogP contribution in [0.3, 0.4) is 0 Å². The van der Waals surface area contributed by atoms with Gasteiger partial charge in [-0.25, -0.2) is 4.98 Å². The van der Waals surface area contributed by atoms with Crippen molar-refractivity contribution in [3.63, 3.8) is 0 Å². The molecule has 3 N–H and O–H groups in total. The van der Waals surface area contributed by atoms with E-state index in [1.165, 1.54) is 16.9 Å². The number of aromatic nitrogens is 1. The smallest absolute Gasteiger partial charge is 0.206 e. The largest absolute Gasteiger partial charge is 0.382 e. The van der Waals surface area contributed by atoms with Crippen LogP contribution in [0.2, 0.25) is 0 Å².